The van der Waals surface area contributed by atoms with E-state index in [4.69, 9.17) is 0 Å². The Morgan fingerprint density at radius 2 is 2.35 bits per heavy atom. The summed E-state index contributed by atoms with van der Waals surface area (Å²) in [5.41, 5.74) is 0.586. The van der Waals surface area contributed by atoms with Gasteiger partial charge in [0.1, 0.15) is 5.82 Å². The summed E-state index contributed by atoms with van der Waals surface area (Å²) in [6, 6.07) is 4.98. The van der Waals surface area contributed by atoms with E-state index in [1.54, 1.807) is 12.1 Å². The van der Waals surface area contributed by atoms with Gasteiger partial charge in [0.2, 0.25) is 0 Å². The molecular weight excluding hydrogens is 283 g/mol. The summed E-state index contributed by atoms with van der Waals surface area (Å²) in [5, 5.41) is 6.56. The van der Waals surface area contributed by atoms with E-state index in [1.165, 1.54) is 18.9 Å². The van der Waals surface area contributed by atoms with Gasteiger partial charge in [-0.15, -0.1) is 0 Å². The van der Waals surface area contributed by atoms with Gasteiger partial charge in [0.05, 0.1) is 5.69 Å². The molecule has 1 saturated heterocycles. The van der Waals surface area contributed by atoms with Gasteiger partial charge in [-0.1, -0.05) is 15.9 Å². The van der Waals surface area contributed by atoms with Crippen molar-refractivity contribution in [3.05, 3.63) is 28.5 Å². The lowest BCUT2D eigenvalue weighted by Crippen LogP contribution is -2.30. The highest BCUT2D eigenvalue weighted by atomic mass is 79.9. The van der Waals surface area contributed by atoms with E-state index in [1.807, 2.05) is 0 Å². The van der Waals surface area contributed by atoms with Crippen LogP contribution >= 0.6 is 15.9 Å². The van der Waals surface area contributed by atoms with Gasteiger partial charge >= 0.3 is 0 Å². The number of nitrogens with one attached hydrogen (secondary N) is 2. The zero-order valence-electron chi connectivity index (χ0n) is 9.81. The first-order valence-electron chi connectivity index (χ1n) is 6.15. The lowest BCUT2D eigenvalue weighted by molar-refractivity contribution is 0.364. The molecule has 1 aliphatic rings. The van der Waals surface area contributed by atoms with Crippen LogP contribution in [0.1, 0.15) is 19.3 Å². The van der Waals surface area contributed by atoms with Crippen LogP contribution in [0.5, 0.6) is 0 Å². The Labute approximate surface area is 110 Å². The molecule has 2 nitrogen and oxygen atoms in total. The number of hydrogen-bond acceptors (Lipinski definition) is 2. The van der Waals surface area contributed by atoms with E-state index in [0.717, 1.165) is 36.4 Å². The quantitative estimate of drug-likeness (QED) is 0.891. The standard InChI is InChI=1S/C13H18BrFN2/c14-11-3-4-12(15)13(8-11)17-7-5-10-2-1-6-16-9-10/h3-4,8,10,16-17H,1-2,5-7,9H2. The molecule has 0 radical (unpaired) electrons. The van der Waals surface area contributed by atoms with Crippen molar-refractivity contribution >= 4 is 21.6 Å². The maximum absolute atomic E-state index is 13.4. The summed E-state index contributed by atoms with van der Waals surface area (Å²) >= 11 is 3.35. The Kier molecular flexibility index (Phi) is 4.80. The van der Waals surface area contributed by atoms with Crippen molar-refractivity contribution < 1.29 is 4.39 Å². The highest BCUT2D eigenvalue weighted by Gasteiger charge is 2.12. The van der Waals surface area contributed by atoms with Crippen molar-refractivity contribution in [3.63, 3.8) is 0 Å². The molecule has 1 aromatic carbocycles. The molecule has 2 N–H and O–H groups in total. The second-order valence-corrected chi connectivity index (χ2v) is 5.47. The zero-order chi connectivity index (χ0) is 12.1. The summed E-state index contributed by atoms with van der Waals surface area (Å²) in [6.07, 6.45) is 3.64. The first-order valence-corrected chi connectivity index (χ1v) is 6.94. The second-order valence-electron chi connectivity index (χ2n) is 4.55. The fourth-order valence-corrected chi connectivity index (χ4v) is 2.58. The van der Waals surface area contributed by atoms with Gasteiger partial charge in [-0.2, -0.15) is 0 Å². The lowest BCUT2D eigenvalue weighted by atomic mass is 9.96. The van der Waals surface area contributed by atoms with E-state index in [9.17, 15) is 4.39 Å². The molecule has 0 aromatic heterocycles. The summed E-state index contributed by atoms with van der Waals surface area (Å²) < 4.78 is 14.3. The maximum Gasteiger partial charge on any atom is 0.146 e. The molecule has 94 valence electrons. The van der Waals surface area contributed by atoms with E-state index in [0.29, 0.717) is 5.69 Å². The molecule has 2 rings (SSSR count). The Morgan fingerprint density at radius 3 is 3.12 bits per heavy atom. The number of piperidine rings is 1. The van der Waals surface area contributed by atoms with Crippen molar-refractivity contribution in [2.75, 3.05) is 25.0 Å². The fourth-order valence-electron chi connectivity index (χ4n) is 2.21. The smallest absolute Gasteiger partial charge is 0.146 e. The van der Waals surface area contributed by atoms with E-state index in [2.05, 4.69) is 26.6 Å². The van der Waals surface area contributed by atoms with E-state index >= 15 is 0 Å². The normalized spacial score (nSPS) is 20.2. The van der Waals surface area contributed by atoms with Crippen LogP contribution in [-0.4, -0.2) is 19.6 Å². The number of benzene rings is 1. The maximum atomic E-state index is 13.4. The summed E-state index contributed by atoms with van der Waals surface area (Å²) in [6.45, 7) is 3.08. The molecule has 1 unspecified atom stereocenters. The van der Waals surface area contributed by atoms with Crippen LogP contribution in [0.3, 0.4) is 0 Å². The Balaban J connectivity index is 1.79. The Morgan fingerprint density at radius 1 is 1.47 bits per heavy atom. The van der Waals surface area contributed by atoms with E-state index < -0.39 is 0 Å². The molecule has 0 amide bonds. The Hall–Kier alpha value is -0.610. The van der Waals surface area contributed by atoms with Crippen molar-refractivity contribution in [3.8, 4) is 0 Å². The number of rotatable bonds is 4. The lowest BCUT2D eigenvalue weighted by Gasteiger charge is -2.22. The molecule has 1 atom stereocenters. The van der Waals surface area contributed by atoms with E-state index in [-0.39, 0.29) is 5.82 Å². The van der Waals surface area contributed by atoms with Gasteiger partial charge in [-0.05, 0) is 56.5 Å². The Bertz CT molecular complexity index is 364. The van der Waals surface area contributed by atoms with Gasteiger partial charge < -0.3 is 10.6 Å². The molecule has 17 heavy (non-hydrogen) atoms. The van der Waals surface area contributed by atoms with Crippen molar-refractivity contribution in [1.29, 1.82) is 0 Å². The predicted molar refractivity (Wildman–Crippen MR) is 72.8 cm³/mol. The van der Waals surface area contributed by atoms with Gasteiger partial charge in [0.15, 0.2) is 0 Å². The van der Waals surface area contributed by atoms with Crippen molar-refractivity contribution in [1.82, 2.24) is 5.32 Å². The molecule has 1 heterocycles. The fraction of sp³-hybridized carbons (Fsp3) is 0.538. The molecule has 1 aromatic rings. The van der Waals surface area contributed by atoms with Crippen LogP contribution in [0.4, 0.5) is 10.1 Å². The van der Waals surface area contributed by atoms with Crippen molar-refractivity contribution in [2.45, 2.75) is 19.3 Å². The van der Waals surface area contributed by atoms with Crippen molar-refractivity contribution in [2.24, 2.45) is 5.92 Å². The third-order valence-electron chi connectivity index (χ3n) is 3.20. The average Bonchev–Trinajstić information content (AvgIpc) is 2.35. The second kappa shape index (κ2) is 6.36. The molecule has 1 fully saturated rings. The summed E-state index contributed by atoms with van der Waals surface area (Å²) in [7, 11) is 0. The number of halogens is 2. The molecule has 0 spiro atoms. The predicted octanol–water partition coefficient (Wildman–Crippen LogP) is 3.39. The minimum absolute atomic E-state index is 0.185. The molecule has 4 heteroatoms. The van der Waals surface area contributed by atoms with Gasteiger partial charge in [-0.3, -0.25) is 0 Å². The van der Waals surface area contributed by atoms with Gasteiger partial charge in [0.25, 0.3) is 0 Å². The zero-order valence-corrected chi connectivity index (χ0v) is 11.4. The third-order valence-corrected chi connectivity index (χ3v) is 3.69. The average molecular weight is 301 g/mol. The third kappa shape index (κ3) is 3.96. The molecule has 0 bridgehead atoms. The van der Waals surface area contributed by atoms with Gasteiger partial charge in [-0.25, -0.2) is 4.39 Å². The van der Waals surface area contributed by atoms with Crippen LogP contribution in [0.25, 0.3) is 0 Å². The van der Waals surface area contributed by atoms with Gasteiger partial charge in [0, 0.05) is 11.0 Å². The minimum Gasteiger partial charge on any atom is -0.383 e. The summed E-state index contributed by atoms with van der Waals surface area (Å²) in [4.78, 5) is 0. The SMILES string of the molecule is Fc1ccc(Br)cc1NCCC1CCCNC1. The number of hydrogen-bond donors (Lipinski definition) is 2. The van der Waals surface area contributed by atoms with Crippen LogP contribution in [0, 0.1) is 11.7 Å². The number of anilines is 1. The monoisotopic (exact) mass is 300 g/mol. The van der Waals surface area contributed by atoms with Crippen LogP contribution in [-0.2, 0) is 0 Å². The highest BCUT2D eigenvalue weighted by Crippen LogP contribution is 2.21. The van der Waals surface area contributed by atoms with Crippen LogP contribution in [0.2, 0.25) is 0 Å². The largest absolute Gasteiger partial charge is 0.383 e. The first kappa shape index (κ1) is 12.8. The highest BCUT2D eigenvalue weighted by molar-refractivity contribution is 9.10. The summed E-state index contributed by atoms with van der Waals surface area (Å²) in [5.74, 6) is 0.543. The molecule has 0 saturated carbocycles. The topological polar surface area (TPSA) is 24.1 Å². The van der Waals surface area contributed by atoms with Crippen LogP contribution in [0.15, 0.2) is 22.7 Å². The first-order chi connectivity index (χ1) is 8.25. The minimum atomic E-state index is -0.185. The van der Waals surface area contributed by atoms with Crippen LogP contribution < -0.4 is 10.6 Å². The molecular formula is C13H18BrFN2. The molecule has 0 aliphatic carbocycles. The molecule has 1 aliphatic heterocycles.